The van der Waals surface area contributed by atoms with Gasteiger partial charge in [-0.1, -0.05) is 401 Å². The Morgan fingerprint density at radius 2 is 0.490 bits per heavy atom. The van der Waals surface area contributed by atoms with Crippen molar-refractivity contribution in [2.75, 3.05) is 39.6 Å². The second kappa shape index (κ2) is 76.4. The van der Waals surface area contributed by atoms with Crippen LogP contribution in [0.5, 0.6) is 0 Å². The molecule has 17 nitrogen and oxygen atoms in total. The van der Waals surface area contributed by atoms with Crippen LogP contribution in [0.3, 0.4) is 0 Å². The van der Waals surface area contributed by atoms with E-state index in [1.807, 2.05) is 0 Å². The number of ether oxygens (including phenoxy) is 4. The Balaban J connectivity index is 5.26. The lowest BCUT2D eigenvalue weighted by Crippen LogP contribution is -2.30. The number of hydrogen-bond acceptors (Lipinski definition) is 15. The molecule has 0 saturated heterocycles. The lowest BCUT2D eigenvalue weighted by Gasteiger charge is -2.21. The van der Waals surface area contributed by atoms with E-state index in [9.17, 15) is 43.2 Å². The van der Waals surface area contributed by atoms with Crippen molar-refractivity contribution in [1.29, 1.82) is 0 Å². The molecule has 0 heterocycles. The predicted octanol–water partition coefficient (Wildman–Crippen LogP) is 25.8. The Morgan fingerprint density at radius 3 is 0.731 bits per heavy atom. The van der Waals surface area contributed by atoms with Gasteiger partial charge in [0.15, 0.2) is 12.2 Å². The van der Waals surface area contributed by atoms with E-state index in [1.54, 1.807) is 0 Å². The molecule has 0 rings (SSSR count). The molecule has 0 aromatic rings. The predicted molar refractivity (Wildman–Crippen MR) is 428 cm³/mol. The van der Waals surface area contributed by atoms with Gasteiger partial charge in [0.1, 0.15) is 19.3 Å². The zero-order chi connectivity index (χ0) is 76.4. The van der Waals surface area contributed by atoms with Gasteiger partial charge in [-0.25, -0.2) is 9.13 Å². The highest BCUT2D eigenvalue weighted by molar-refractivity contribution is 7.47. The van der Waals surface area contributed by atoms with Gasteiger partial charge in [-0.15, -0.1) is 0 Å². The highest BCUT2D eigenvalue weighted by atomic mass is 31.2. The van der Waals surface area contributed by atoms with Gasteiger partial charge < -0.3 is 33.8 Å². The summed E-state index contributed by atoms with van der Waals surface area (Å²) in [5, 5.41) is 10.7. The van der Waals surface area contributed by atoms with Gasteiger partial charge >= 0.3 is 39.5 Å². The quantitative estimate of drug-likeness (QED) is 0.0222. The fourth-order valence-corrected chi connectivity index (χ4v) is 14.8. The maximum atomic E-state index is 13.1. The van der Waals surface area contributed by atoms with Gasteiger partial charge in [0.2, 0.25) is 0 Å². The summed E-state index contributed by atoms with van der Waals surface area (Å²) in [6, 6.07) is 0. The molecule has 0 aliphatic carbocycles. The summed E-state index contributed by atoms with van der Waals surface area (Å²) in [6.07, 6.45) is 67.8. The number of aliphatic hydroxyl groups excluding tert-OH is 1. The number of esters is 4. The van der Waals surface area contributed by atoms with Crippen LogP contribution in [0, 0.1) is 11.8 Å². The maximum Gasteiger partial charge on any atom is 0.472 e. The Hall–Kier alpha value is -1.94. The molecule has 3 unspecified atom stereocenters. The largest absolute Gasteiger partial charge is 0.472 e. The molecule has 0 aromatic carbocycles. The minimum atomic E-state index is -4.97. The zero-order valence-corrected chi connectivity index (χ0v) is 70.1. The molecule has 0 spiro atoms. The first-order chi connectivity index (χ1) is 50.4. The van der Waals surface area contributed by atoms with E-state index in [1.165, 1.54) is 270 Å². The molecular formula is C85H166O17P2. The van der Waals surface area contributed by atoms with Crippen LogP contribution in [0.1, 0.15) is 452 Å². The molecule has 0 aromatic heterocycles. The molecule has 618 valence electrons. The molecule has 0 fully saturated rings. The van der Waals surface area contributed by atoms with Gasteiger partial charge in [0.25, 0.3) is 0 Å². The number of rotatable bonds is 84. The molecule has 0 amide bonds. The molecule has 0 bridgehead atoms. The van der Waals surface area contributed by atoms with E-state index in [4.69, 9.17) is 37.0 Å². The average Bonchev–Trinajstić information content (AvgIpc) is 0.907. The summed E-state index contributed by atoms with van der Waals surface area (Å²) in [5.74, 6) is -0.441. The summed E-state index contributed by atoms with van der Waals surface area (Å²) in [5.41, 5.74) is 0. The van der Waals surface area contributed by atoms with Crippen molar-refractivity contribution in [3.05, 3.63) is 0 Å². The fraction of sp³-hybridized carbons (Fsp3) is 0.953. The van der Waals surface area contributed by atoms with Crippen molar-refractivity contribution in [3.8, 4) is 0 Å². The SMILES string of the molecule is CCCCCCCCCCCCCCCCC(=O)O[C@H](COC(=O)CCCCCCCCCCCCCCC)COP(=O)(O)OC[C@H](O)COP(=O)(O)OC[C@@H](COC(=O)CCCCCCCCCCCCCCCCC(C)CC)OC(=O)CCCCCCCCCCCCCCCCCCC(C)C. The lowest BCUT2D eigenvalue weighted by atomic mass is 9.99. The minimum absolute atomic E-state index is 0.109. The first-order valence-corrected chi connectivity index (χ1v) is 47.0. The van der Waals surface area contributed by atoms with Crippen LogP contribution in [-0.4, -0.2) is 96.7 Å². The number of aliphatic hydroxyl groups is 1. The number of hydrogen-bond donors (Lipinski definition) is 3. The topological polar surface area (TPSA) is 237 Å². The van der Waals surface area contributed by atoms with E-state index in [0.29, 0.717) is 25.7 Å². The van der Waals surface area contributed by atoms with E-state index < -0.39 is 97.5 Å². The number of phosphoric acid groups is 2. The third-order valence-corrected chi connectivity index (χ3v) is 22.2. The Kier molecular flexibility index (Phi) is 75.0. The molecule has 0 radical (unpaired) electrons. The fourth-order valence-electron chi connectivity index (χ4n) is 13.2. The van der Waals surface area contributed by atoms with Crippen molar-refractivity contribution in [1.82, 2.24) is 0 Å². The molecule has 6 atom stereocenters. The Bertz CT molecular complexity index is 2000. The van der Waals surface area contributed by atoms with Gasteiger partial charge in [0.05, 0.1) is 26.4 Å². The third kappa shape index (κ3) is 76.8. The standard InChI is InChI=1S/C85H166O17P2/c1-7-10-12-14-16-18-20-22-32-39-45-51-57-63-69-84(89)101-80(73-95-82(87)67-61-55-49-43-37-29-21-19-17-15-13-11-8-2)75-99-103(91,92)97-71-79(86)72-98-104(93,94)100-76-81(74-96-83(88)68-62-56-50-44-38-33-28-27-31-36-42-48-54-60-66-78(6)9-3)102-85(90)70-64-58-52-46-40-34-26-24-23-25-30-35-41-47-53-59-65-77(4)5/h77-81,86H,7-76H2,1-6H3,(H,91,92)(H,93,94)/t78?,79-,80+,81+/m0/s1. The van der Waals surface area contributed by atoms with E-state index in [0.717, 1.165) is 102 Å². The monoisotopic (exact) mass is 1520 g/mol. The highest BCUT2D eigenvalue weighted by Gasteiger charge is 2.30. The van der Waals surface area contributed by atoms with Crippen LogP contribution in [0.2, 0.25) is 0 Å². The maximum absolute atomic E-state index is 13.1. The smallest absolute Gasteiger partial charge is 0.462 e. The van der Waals surface area contributed by atoms with Crippen LogP contribution in [-0.2, 0) is 65.4 Å². The number of phosphoric ester groups is 2. The van der Waals surface area contributed by atoms with Crippen molar-refractivity contribution < 1.29 is 80.2 Å². The summed E-state index contributed by atoms with van der Waals surface area (Å²) < 4.78 is 68.9. The second-order valence-electron chi connectivity index (χ2n) is 31.3. The van der Waals surface area contributed by atoms with E-state index in [-0.39, 0.29) is 25.7 Å². The van der Waals surface area contributed by atoms with Crippen LogP contribution in [0.25, 0.3) is 0 Å². The molecule has 0 saturated carbocycles. The normalized spacial score (nSPS) is 14.1. The van der Waals surface area contributed by atoms with Crippen LogP contribution in [0.15, 0.2) is 0 Å². The Morgan fingerprint density at radius 1 is 0.279 bits per heavy atom. The summed E-state index contributed by atoms with van der Waals surface area (Å²) in [4.78, 5) is 73.2. The number of carbonyl (C=O) groups excluding carboxylic acids is 4. The molecule has 104 heavy (non-hydrogen) atoms. The van der Waals surface area contributed by atoms with Gasteiger partial charge in [0, 0.05) is 25.7 Å². The molecule has 19 heteroatoms. The summed E-state index contributed by atoms with van der Waals surface area (Å²) in [7, 11) is -9.93. The lowest BCUT2D eigenvalue weighted by molar-refractivity contribution is -0.161. The molecule has 0 aliphatic rings. The average molecular weight is 1520 g/mol. The third-order valence-electron chi connectivity index (χ3n) is 20.3. The first kappa shape index (κ1) is 102. The minimum Gasteiger partial charge on any atom is -0.462 e. The van der Waals surface area contributed by atoms with Crippen LogP contribution < -0.4 is 0 Å². The van der Waals surface area contributed by atoms with Crippen molar-refractivity contribution >= 4 is 39.5 Å². The summed E-state index contributed by atoms with van der Waals surface area (Å²) in [6.45, 7) is 9.76. The molecule has 0 aliphatic heterocycles. The van der Waals surface area contributed by atoms with Gasteiger partial charge in [-0.3, -0.25) is 37.3 Å². The van der Waals surface area contributed by atoms with Gasteiger partial charge in [-0.2, -0.15) is 0 Å². The van der Waals surface area contributed by atoms with Crippen LogP contribution >= 0.6 is 15.6 Å². The summed E-state index contributed by atoms with van der Waals surface area (Å²) >= 11 is 0. The molecule has 3 N–H and O–H groups in total. The van der Waals surface area contributed by atoms with E-state index >= 15 is 0 Å². The van der Waals surface area contributed by atoms with Crippen molar-refractivity contribution in [3.63, 3.8) is 0 Å². The van der Waals surface area contributed by atoms with Gasteiger partial charge in [-0.05, 0) is 37.5 Å². The highest BCUT2D eigenvalue weighted by Crippen LogP contribution is 2.45. The first-order valence-electron chi connectivity index (χ1n) is 44.0. The zero-order valence-electron chi connectivity index (χ0n) is 68.3. The van der Waals surface area contributed by atoms with Crippen molar-refractivity contribution in [2.24, 2.45) is 11.8 Å². The molecular weight excluding hydrogens is 1350 g/mol. The van der Waals surface area contributed by atoms with Crippen LogP contribution in [0.4, 0.5) is 0 Å². The Labute approximate surface area is 638 Å². The number of carbonyl (C=O) groups is 4. The number of unbranched alkanes of at least 4 members (excludes halogenated alkanes) is 53. The second-order valence-corrected chi connectivity index (χ2v) is 34.2. The van der Waals surface area contributed by atoms with E-state index in [2.05, 4.69) is 41.5 Å². The van der Waals surface area contributed by atoms with Crippen molar-refractivity contribution in [2.45, 2.75) is 471 Å².